The summed E-state index contributed by atoms with van der Waals surface area (Å²) in [5.74, 6) is 0.824. The molecule has 1 heteroatoms. The summed E-state index contributed by atoms with van der Waals surface area (Å²) in [6.45, 7) is 13.4. The number of hydrogen-bond donors (Lipinski definition) is 0. The largest absolute Gasteiger partial charge is 0.303 e. The van der Waals surface area contributed by atoms with Crippen molar-refractivity contribution in [2.45, 2.75) is 66.2 Å². The molecule has 0 N–H and O–H groups in total. The quantitative estimate of drug-likeness (QED) is 0.650. The molecule has 0 amide bonds. The highest BCUT2D eigenvalue weighted by molar-refractivity contribution is 4.85. The smallest absolute Gasteiger partial charge is 0.000439 e. The average Bonchev–Trinajstić information content (AvgIpc) is 2.28. The van der Waals surface area contributed by atoms with E-state index in [2.05, 4.69) is 32.6 Å². The van der Waals surface area contributed by atoms with Crippen LogP contribution in [0, 0.1) is 11.3 Å². The first-order valence-electron chi connectivity index (χ1n) is 7.34. The normalized spacial score (nSPS) is 21.6. The highest BCUT2D eigenvalue weighted by Crippen LogP contribution is 2.39. The van der Waals surface area contributed by atoms with Crippen LogP contribution < -0.4 is 0 Å². The highest BCUT2D eigenvalue weighted by atomic mass is 15.1. The van der Waals surface area contributed by atoms with E-state index in [-0.39, 0.29) is 0 Å². The van der Waals surface area contributed by atoms with E-state index >= 15 is 0 Å². The number of nitrogens with zero attached hydrogens (tertiary/aromatic N) is 1. The average molecular weight is 225 g/mol. The van der Waals surface area contributed by atoms with E-state index in [9.17, 15) is 0 Å². The summed E-state index contributed by atoms with van der Waals surface area (Å²) in [5.41, 5.74) is 0.698. The van der Waals surface area contributed by atoms with E-state index in [4.69, 9.17) is 0 Å². The maximum Gasteiger partial charge on any atom is 0.000439 e. The Morgan fingerprint density at radius 3 is 2.19 bits per heavy atom. The molecule has 0 radical (unpaired) electrons. The molecular weight excluding hydrogens is 194 g/mol. The Kier molecular flexibility index (Phi) is 5.82. The molecular formula is C15H31N. The van der Waals surface area contributed by atoms with Crippen molar-refractivity contribution in [3.05, 3.63) is 0 Å². The van der Waals surface area contributed by atoms with Crippen molar-refractivity contribution in [2.24, 2.45) is 11.3 Å². The molecule has 0 aliphatic carbocycles. The molecule has 1 rings (SSSR count). The van der Waals surface area contributed by atoms with Gasteiger partial charge in [0.05, 0.1) is 0 Å². The van der Waals surface area contributed by atoms with Gasteiger partial charge in [0.2, 0.25) is 0 Å². The molecule has 0 bridgehead atoms. The third kappa shape index (κ3) is 4.08. The third-order valence-corrected chi connectivity index (χ3v) is 4.35. The molecule has 1 heterocycles. The van der Waals surface area contributed by atoms with E-state index < -0.39 is 0 Å². The van der Waals surface area contributed by atoms with Crippen molar-refractivity contribution in [3.63, 3.8) is 0 Å². The van der Waals surface area contributed by atoms with Gasteiger partial charge in [0.1, 0.15) is 0 Å². The van der Waals surface area contributed by atoms with E-state index in [0.29, 0.717) is 5.41 Å². The maximum absolute atomic E-state index is 2.67. The van der Waals surface area contributed by atoms with Gasteiger partial charge in [-0.05, 0) is 43.7 Å². The molecule has 0 saturated carbocycles. The summed E-state index contributed by atoms with van der Waals surface area (Å²) in [6, 6.07) is 0. The van der Waals surface area contributed by atoms with Crippen LogP contribution in [-0.2, 0) is 0 Å². The number of unbranched alkanes of at least 4 members (excludes halogenated alkanes) is 1. The summed E-state index contributed by atoms with van der Waals surface area (Å²) in [5, 5.41) is 0. The van der Waals surface area contributed by atoms with Crippen LogP contribution in [0.1, 0.15) is 66.2 Å². The minimum atomic E-state index is 0.698. The Morgan fingerprint density at radius 1 is 1.12 bits per heavy atom. The predicted octanol–water partition coefficient (Wildman–Crippen LogP) is 4.32. The summed E-state index contributed by atoms with van der Waals surface area (Å²) in [4.78, 5) is 2.67. The molecule has 0 spiro atoms. The first kappa shape index (κ1) is 14.0. The zero-order valence-electron chi connectivity index (χ0n) is 11.9. The molecule has 96 valence electrons. The van der Waals surface area contributed by atoms with Crippen LogP contribution in [0.15, 0.2) is 0 Å². The minimum Gasteiger partial charge on any atom is -0.303 e. The lowest BCUT2D eigenvalue weighted by molar-refractivity contribution is 0.0818. The molecule has 16 heavy (non-hydrogen) atoms. The van der Waals surface area contributed by atoms with Gasteiger partial charge >= 0.3 is 0 Å². The van der Waals surface area contributed by atoms with E-state index in [1.165, 1.54) is 58.2 Å². The zero-order chi connectivity index (χ0) is 12.0. The third-order valence-electron chi connectivity index (χ3n) is 4.35. The van der Waals surface area contributed by atoms with Crippen LogP contribution in [0.2, 0.25) is 0 Å². The van der Waals surface area contributed by atoms with E-state index in [1.807, 2.05) is 0 Å². The molecule has 1 saturated heterocycles. The van der Waals surface area contributed by atoms with Crippen LogP contribution in [0.4, 0.5) is 0 Å². The number of piperidine rings is 1. The first-order chi connectivity index (χ1) is 7.62. The lowest BCUT2D eigenvalue weighted by atomic mass is 9.72. The fourth-order valence-corrected chi connectivity index (χ4v) is 3.06. The number of rotatable bonds is 6. The summed E-state index contributed by atoms with van der Waals surface area (Å²) >= 11 is 0. The van der Waals surface area contributed by atoms with Gasteiger partial charge in [-0.1, -0.05) is 47.0 Å². The van der Waals surface area contributed by atoms with Crippen LogP contribution in [0.3, 0.4) is 0 Å². The zero-order valence-corrected chi connectivity index (χ0v) is 11.9. The fourth-order valence-electron chi connectivity index (χ4n) is 3.06. The Hall–Kier alpha value is -0.0400. The van der Waals surface area contributed by atoms with Gasteiger partial charge in [-0.2, -0.15) is 0 Å². The van der Waals surface area contributed by atoms with E-state index in [1.54, 1.807) is 0 Å². The predicted molar refractivity (Wildman–Crippen MR) is 72.8 cm³/mol. The van der Waals surface area contributed by atoms with Gasteiger partial charge in [-0.25, -0.2) is 0 Å². The summed E-state index contributed by atoms with van der Waals surface area (Å²) in [6.07, 6.45) is 8.53. The molecule has 0 atom stereocenters. The van der Waals surface area contributed by atoms with Gasteiger partial charge in [0, 0.05) is 6.54 Å². The maximum atomic E-state index is 2.67. The highest BCUT2D eigenvalue weighted by Gasteiger charge is 2.32. The minimum absolute atomic E-state index is 0.698. The molecule has 0 aromatic heterocycles. The van der Waals surface area contributed by atoms with Crippen LogP contribution in [-0.4, -0.2) is 24.5 Å². The first-order valence-corrected chi connectivity index (χ1v) is 7.34. The summed E-state index contributed by atoms with van der Waals surface area (Å²) in [7, 11) is 0. The van der Waals surface area contributed by atoms with Crippen LogP contribution in [0.25, 0.3) is 0 Å². The molecule has 0 aromatic carbocycles. The van der Waals surface area contributed by atoms with Gasteiger partial charge in [-0.3, -0.25) is 0 Å². The molecule has 1 nitrogen and oxygen atoms in total. The van der Waals surface area contributed by atoms with Gasteiger partial charge in [0.15, 0.2) is 0 Å². The van der Waals surface area contributed by atoms with Gasteiger partial charge in [-0.15, -0.1) is 0 Å². The van der Waals surface area contributed by atoms with Crippen molar-refractivity contribution < 1.29 is 0 Å². The molecule has 1 aliphatic rings. The lowest BCUT2D eigenvalue weighted by Gasteiger charge is -2.42. The Bertz CT molecular complexity index is 178. The van der Waals surface area contributed by atoms with E-state index in [0.717, 1.165) is 5.92 Å². The number of hydrogen-bond acceptors (Lipinski definition) is 1. The second-order valence-corrected chi connectivity index (χ2v) is 6.15. The second kappa shape index (κ2) is 6.64. The Morgan fingerprint density at radius 2 is 1.75 bits per heavy atom. The second-order valence-electron chi connectivity index (χ2n) is 6.15. The lowest BCUT2D eigenvalue weighted by Crippen LogP contribution is -2.41. The van der Waals surface area contributed by atoms with Crippen molar-refractivity contribution in [1.29, 1.82) is 0 Å². The number of likely N-dealkylation sites (tertiary alicyclic amines) is 1. The van der Waals surface area contributed by atoms with Crippen LogP contribution in [0.5, 0.6) is 0 Å². The van der Waals surface area contributed by atoms with Gasteiger partial charge in [0.25, 0.3) is 0 Å². The topological polar surface area (TPSA) is 3.24 Å². The van der Waals surface area contributed by atoms with Crippen molar-refractivity contribution in [1.82, 2.24) is 4.90 Å². The summed E-state index contributed by atoms with van der Waals surface area (Å²) < 4.78 is 0. The van der Waals surface area contributed by atoms with Gasteiger partial charge < -0.3 is 4.90 Å². The SMILES string of the molecule is CCCCC1(CC)CCN(CC(C)C)CC1. The van der Waals surface area contributed by atoms with Crippen LogP contribution >= 0.6 is 0 Å². The van der Waals surface area contributed by atoms with Crippen molar-refractivity contribution in [2.75, 3.05) is 19.6 Å². The molecule has 0 unspecified atom stereocenters. The molecule has 1 aliphatic heterocycles. The molecule has 0 aromatic rings. The standard InChI is InChI=1S/C15H31N/c1-5-7-8-15(6-2)9-11-16(12-10-15)13-14(3)4/h14H,5-13H2,1-4H3. The van der Waals surface area contributed by atoms with Crippen molar-refractivity contribution >= 4 is 0 Å². The Balaban J connectivity index is 2.37. The Labute approximate surface area is 103 Å². The van der Waals surface area contributed by atoms with Crippen molar-refractivity contribution in [3.8, 4) is 0 Å². The monoisotopic (exact) mass is 225 g/mol. The molecule has 1 fully saturated rings. The fraction of sp³-hybridized carbons (Fsp3) is 1.00.